The fourth-order valence-corrected chi connectivity index (χ4v) is 2.71. The van der Waals surface area contributed by atoms with Crippen LogP contribution in [0.2, 0.25) is 0 Å². The van der Waals surface area contributed by atoms with E-state index in [2.05, 4.69) is 41.0 Å². The van der Waals surface area contributed by atoms with Gasteiger partial charge >= 0.3 is 0 Å². The Morgan fingerprint density at radius 1 is 1.33 bits per heavy atom. The molecule has 5 heteroatoms. The molecule has 2 heterocycles. The van der Waals surface area contributed by atoms with Gasteiger partial charge in [0.1, 0.15) is 17.7 Å². The average Bonchev–Trinajstić information content (AvgIpc) is 3.10. The second-order valence-corrected chi connectivity index (χ2v) is 7.12. The lowest BCUT2D eigenvalue weighted by atomic mass is 9.96. The highest BCUT2D eigenvalue weighted by atomic mass is 16.2. The maximum absolute atomic E-state index is 12.4. The normalized spacial score (nSPS) is 22.4. The summed E-state index contributed by atoms with van der Waals surface area (Å²) in [6.07, 6.45) is 6.00. The first-order valence-corrected chi connectivity index (χ1v) is 7.86. The second kappa shape index (κ2) is 5.28. The Morgan fingerprint density at radius 2 is 2.10 bits per heavy atom. The number of rotatable bonds is 3. The third kappa shape index (κ3) is 3.17. The van der Waals surface area contributed by atoms with Crippen LogP contribution >= 0.6 is 0 Å². The van der Waals surface area contributed by atoms with E-state index in [1.54, 1.807) is 6.20 Å². The van der Waals surface area contributed by atoms with Crippen molar-refractivity contribution < 1.29 is 4.79 Å². The van der Waals surface area contributed by atoms with Gasteiger partial charge in [0.05, 0.1) is 0 Å². The van der Waals surface area contributed by atoms with Gasteiger partial charge in [0.25, 0.3) is 0 Å². The molecular weight excluding hydrogens is 264 g/mol. The molecule has 1 amide bonds. The van der Waals surface area contributed by atoms with Crippen LogP contribution in [0.1, 0.15) is 52.3 Å². The number of nitrogens with zero attached hydrogens (tertiary/aromatic N) is 3. The number of hydrogen-bond acceptors (Lipinski definition) is 4. The van der Waals surface area contributed by atoms with E-state index >= 15 is 0 Å². The molecule has 5 nitrogen and oxygen atoms in total. The molecule has 3 rings (SSSR count). The zero-order valence-corrected chi connectivity index (χ0v) is 13.1. The molecule has 0 bridgehead atoms. The molecule has 1 atom stereocenters. The van der Waals surface area contributed by atoms with E-state index in [-0.39, 0.29) is 17.4 Å². The fraction of sp³-hybridized carbons (Fsp3) is 0.688. The SMILES string of the molecule is CC(C)(C)c1nccc(N2CCCC2C(=O)NC2CC2)n1. The van der Waals surface area contributed by atoms with E-state index in [1.807, 2.05) is 6.07 Å². The van der Waals surface area contributed by atoms with Gasteiger partial charge in [-0.25, -0.2) is 9.97 Å². The maximum atomic E-state index is 12.4. The largest absolute Gasteiger partial charge is 0.352 e. The van der Waals surface area contributed by atoms with Crippen LogP contribution in [-0.2, 0) is 10.2 Å². The van der Waals surface area contributed by atoms with Crippen LogP contribution < -0.4 is 10.2 Å². The van der Waals surface area contributed by atoms with Crippen molar-refractivity contribution in [2.45, 2.75) is 64.0 Å². The number of amides is 1. The molecule has 1 aliphatic carbocycles. The Balaban J connectivity index is 1.79. The first kappa shape index (κ1) is 14.3. The first-order chi connectivity index (χ1) is 9.95. The summed E-state index contributed by atoms with van der Waals surface area (Å²) in [5.41, 5.74) is -0.0818. The van der Waals surface area contributed by atoms with Crippen molar-refractivity contribution in [3.05, 3.63) is 18.1 Å². The molecule has 1 saturated heterocycles. The summed E-state index contributed by atoms with van der Waals surface area (Å²) in [6.45, 7) is 7.21. The molecule has 2 aliphatic rings. The molecule has 114 valence electrons. The Labute approximate surface area is 126 Å². The lowest BCUT2D eigenvalue weighted by molar-refractivity contribution is -0.122. The topological polar surface area (TPSA) is 58.1 Å². The van der Waals surface area contributed by atoms with Crippen molar-refractivity contribution in [2.24, 2.45) is 0 Å². The average molecular weight is 288 g/mol. The molecule has 1 N–H and O–H groups in total. The summed E-state index contributed by atoms with van der Waals surface area (Å²) >= 11 is 0. The number of aromatic nitrogens is 2. The Morgan fingerprint density at radius 3 is 2.76 bits per heavy atom. The third-order valence-corrected chi connectivity index (χ3v) is 4.09. The standard InChI is InChI=1S/C16H24N4O/c1-16(2,3)15-17-9-8-13(19-15)20-10-4-5-12(20)14(21)18-11-6-7-11/h8-9,11-12H,4-7,10H2,1-3H3,(H,18,21). The Kier molecular flexibility index (Phi) is 3.59. The number of nitrogens with one attached hydrogen (secondary N) is 1. The zero-order chi connectivity index (χ0) is 15.0. The number of carbonyl (C=O) groups excluding carboxylic acids is 1. The highest BCUT2D eigenvalue weighted by molar-refractivity contribution is 5.86. The maximum Gasteiger partial charge on any atom is 0.242 e. The molecular formula is C16H24N4O. The molecule has 0 spiro atoms. The van der Waals surface area contributed by atoms with Crippen molar-refractivity contribution in [1.82, 2.24) is 15.3 Å². The van der Waals surface area contributed by atoms with E-state index in [4.69, 9.17) is 0 Å². The van der Waals surface area contributed by atoms with E-state index in [9.17, 15) is 4.79 Å². The molecule has 0 radical (unpaired) electrons. The minimum absolute atomic E-state index is 0.0756. The van der Waals surface area contributed by atoms with Crippen LogP contribution in [0.5, 0.6) is 0 Å². The van der Waals surface area contributed by atoms with E-state index in [0.717, 1.165) is 43.9 Å². The molecule has 1 saturated carbocycles. The number of hydrogen-bond donors (Lipinski definition) is 1. The van der Waals surface area contributed by atoms with Crippen molar-refractivity contribution in [3.8, 4) is 0 Å². The van der Waals surface area contributed by atoms with E-state index in [0.29, 0.717) is 6.04 Å². The number of anilines is 1. The quantitative estimate of drug-likeness (QED) is 0.924. The number of carbonyl (C=O) groups is 1. The minimum Gasteiger partial charge on any atom is -0.352 e. The second-order valence-electron chi connectivity index (χ2n) is 7.12. The van der Waals surface area contributed by atoms with Crippen LogP contribution in [0.25, 0.3) is 0 Å². The predicted octanol–water partition coefficient (Wildman–Crippen LogP) is 2.02. The van der Waals surface area contributed by atoms with Crippen LogP contribution in [-0.4, -0.2) is 34.5 Å². The Bertz CT molecular complexity index is 533. The smallest absolute Gasteiger partial charge is 0.242 e. The van der Waals surface area contributed by atoms with Crippen LogP contribution in [0.15, 0.2) is 12.3 Å². The van der Waals surface area contributed by atoms with Gasteiger partial charge in [-0.15, -0.1) is 0 Å². The predicted molar refractivity (Wildman–Crippen MR) is 82.3 cm³/mol. The lowest BCUT2D eigenvalue weighted by Crippen LogP contribution is -2.44. The van der Waals surface area contributed by atoms with Gasteiger partial charge < -0.3 is 10.2 Å². The van der Waals surface area contributed by atoms with E-state index < -0.39 is 0 Å². The van der Waals surface area contributed by atoms with Crippen molar-refractivity contribution in [2.75, 3.05) is 11.4 Å². The summed E-state index contributed by atoms with van der Waals surface area (Å²) in [5, 5.41) is 3.12. The first-order valence-electron chi connectivity index (χ1n) is 7.86. The van der Waals surface area contributed by atoms with Gasteiger partial charge in [0, 0.05) is 24.2 Å². The monoisotopic (exact) mass is 288 g/mol. The van der Waals surface area contributed by atoms with Gasteiger partial charge in [-0.05, 0) is 31.7 Å². The molecule has 2 fully saturated rings. The molecule has 1 aromatic heterocycles. The highest BCUT2D eigenvalue weighted by Crippen LogP contribution is 2.27. The fourth-order valence-electron chi connectivity index (χ4n) is 2.71. The molecule has 1 unspecified atom stereocenters. The summed E-state index contributed by atoms with van der Waals surface area (Å²) in [5.74, 6) is 1.86. The van der Waals surface area contributed by atoms with Gasteiger partial charge in [0.2, 0.25) is 5.91 Å². The summed E-state index contributed by atoms with van der Waals surface area (Å²) < 4.78 is 0. The molecule has 21 heavy (non-hydrogen) atoms. The van der Waals surface area contributed by atoms with Crippen molar-refractivity contribution in [3.63, 3.8) is 0 Å². The highest BCUT2D eigenvalue weighted by Gasteiger charge is 2.35. The minimum atomic E-state index is -0.0818. The summed E-state index contributed by atoms with van der Waals surface area (Å²) in [6, 6.07) is 2.25. The third-order valence-electron chi connectivity index (χ3n) is 4.09. The summed E-state index contributed by atoms with van der Waals surface area (Å²) in [4.78, 5) is 23.6. The van der Waals surface area contributed by atoms with Gasteiger partial charge in [-0.3, -0.25) is 4.79 Å². The van der Waals surface area contributed by atoms with E-state index in [1.165, 1.54) is 0 Å². The van der Waals surface area contributed by atoms with Crippen LogP contribution in [0.3, 0.4) is 0 Å². The molecule has 1 aromatic rings. The molecule has 0 aromatic carbocycles. The van der Waals surface area contributed by atoms with Gasteiger partial charge in [-0.2, -0.15) is 0 Å². The molecule has 1 aliphatic heterocycles. The van der Waals surface area contributed by atoms with Crippen molar-refractivity contribution >= 4 is 11.7 Å². The zero-order valence-electron chi connectivity index (χ0n) is 13.1. The lowest BCUT2D eigenvalue weighted by Gasteiger charge is -2.26. The van der Waals surface area contributed by atoms with Gasteiger partial charge in [0.15, 0.2) is 0 Å². The Hall–Kier alpha value is -1.65. The van der Waals surface area contributed by atoms with Crippen LogP contribution in [0.4, 0.5) is 5.82 Å². The van der Waals surface area contributed by atoms with Crippen LogP contribution in [0, 0.1) is 0 Å². The van der Waals surface area contributed by atoms with Gasteiger partial charge in [-0.1, -0.05) is 20.8 Å². The van der Waals surface area contributed by atoms with Crippen molar-refractivity contribution in [1.29, 1.82) is 0 Å². The summed E-state index contributed by atoms with van der Waals surface area (Å²) in [7, 11) is 0.